The van der Waals surface area contributed by atoms with E-state index >= 15 is 0 Å². The van der Waals surface area contributed by atoms with Gasteiger partial charge in [0.15, 0.2) is 0 Å². The zero-order valence-electron chi connectivity index (χ0n) is 14.8. The fourth-order valence-electron chi connectivity index (χ4n) is 2.38. The quantitative estimate of drug-likeness (QED) is 0.476. The van der Waals surface area contributed by atoms with Gasteiger partial charge >= 0.3 is 0 Å². The average molecular weight is 359 g/mol. The lowest BCUT2D eigenvalue weighted by molar-refractivity contribution is 0.397. The number of allylic oxidation sites excluding steroid dienone is 1. The zero-order chi connectivity index (χ0) is 18.1. The van der Waals surface area contributed by atoms with Crippen LogP contribution in [0.3, 0.4) is 0 Å². The Kier molecular flexibility index (Phi) is 7.85. The Morgan fingerprint density at radius 3 is 1.72 bits per heavy atom. The average Bonchev–Trinajstić information content (AvgIpc) is 2.66. The summed E-state index contributed by atoms with van der Waals surface area (Å²) in [5, 5.41) is 0. The van der Waals surface area contributed by atoms with Crippen LogP contribution in [0.2, 0.25) is 0 Å². The van der Waals surface area contributed by atoms with Crippen LogP contribution in [-0.2, 0) is 24.5 Å². The summed E-state index contributed by atoms with van der Waals surface area (Å²) in [6.45, 7) is 4.94. The van der Waals surface area contributed by atoms with Crippen LogP contribution in [0.25, 0.3) is 0 Å². The molecule has 2 aromatic carbocycles. The van der Waals surface area contributed by atoms with Crippen LogP contribution in [0.5, 0.6) is 11.5 Å². The van der Waals surface area contributed by atoms with E-state index in [1.165, 1.54) is 0 Å². The summed E-state index contributed by atoms with van der Waals surface area (Å²) in [5.41, 5.74) is 2.20. The Bertz CT molecular complexity index is 593. The fourth-order valence-corrected chi connectivity index (χ4v) is 3.59. The zero-order valence-corrected chi connectivity index (χ0v) is 15.6. The second kappa shape index (κ2) is 10.1. The predicted octanol–water partition coefficient (Wildman–Crippen LogP) is 3.95. The molecular formula is C20H25NO3S. The van der Waals surface area contributed by atoms with Gasteiger partial charge in [-0.3, -0.25) is 0 Å². The molecule has 0 amide bonds. The maximum absolute atomic E-state index is 12.7. The number of nitrogens with zero attached hydrogens (tertiary/aromatic N) is 1. The summed E-state index contributed by atoms with van der Waals surface area (Å²) in [7, 11) is 3.30. The first kappa shape index (κ1) is 19.4. The molecule has 0 aromatic heterocycles. The van der Waals surface area contributed by atoms with Crippen LogP contribution in [0.15, 0.2) is 61.2 Å². The van der Waals surface area contributed by atoms with E-state index in [2.05, 4.69) is 6.58 Å². The van der Waals surface area contributed by atoms with Crippen molar-refractivity contribution in [3.63, 3.8) is 0 Å². The van der Waals surface area contributed by atoms with Gasteiger partial charge in [-0.1, -0.05) is 30.3 Å². The Hall–Kier alpha value is -1.95. The van der Waals surface area contributed by atoms with Crippen LogP contribution in [0.4, 0.5) is 0 Å². The van der Waals surface area contributed by atoms with Crippen LogP contribution in [0, 0.1) is 0 Å². The van der Waals surface area contributed by atoms with Crippen molar-refractivity contribution in [2.75, 3.05) is 20.0 Å². The summed E-state index contributed by atoms with van der Waals surface area (Å²) >= 11 is -1.07. The smallest absolute Gasteiger partial charge is 0.129 e. The van der Waals surface area contributed by atoms with Crippen molar-refractivity contribution in [3.05, 3.63) is 72.3 Å². The van der Waals surface area contributed by atoms with Gasteiger partial charge in [-0.05, 0) is 35.4 Å². The van der Waals surface area contributed by atoms with Crippen molar-refractivity contribution in [1.82, 2.24) is 4.31 Å². The minimum atomic E-state index is -1.07. The van der Waals surface area contributed by atoms with Gasteiger partial charge in [0.2, 0.25) is 0 Å². The van der Waals surface area contributed by atoms with Gasteiger partial charge in [-0.15, -0.1) is 10.9 Å². The summed E-state index contributed by atoms with van der Waals surface area (Å²) in [5.74, 6) is 2.21. The molecule has 0 aliphatic heterocycles. The molecule has 1 atom stereocenters. The molecule has 0 saturated heterocycles. The lowest BCUT2D eigenvalue weighted by atomic mass is 10.2. The minimum absolute atomic E-state index is 0.579. The molecule has 134 valence electrons. The standard InChI is InChI=1S/C20H25NO3S/c1-4-5-14-25(22)21(15-17-6-10-19(23-2)11-7-17)16-18-8-12-20(24-3)13-9-18/h4,6-13H,1,5,14-16H2,2-3H3. The third kappa shape index (κ3) is 6.12. The monoisotopic (exact) mass is 359 g/mol. The number of benzene rings is 2. The summed E-state index contributed by atoms with van der Waals surface area (Å²) in [6, 6.07) is 15.7. The maximum atomic E-state index is 12.7. The van der Waals surface area contributed by atoms with E-state index in [9.17, 15) is 4.55 Å². The molecule has 4 nitrogen and oxygen atoms in total. The molecule has 1 unspecified atom stereocenters. The highest BCUT2D eigenvalue weighted by molar-refractivity contribution is 7.89. The molecule has 5 heteroatoms. The highest BCUT2D eigenvalue weighted by Gasteiger charge is 2.20. The van der Waals surface area contributed by atoms with E-state index in [-0.39, 0.29) is 0 Å². The van der Waals surface area contributed by atoms with Crippen LogP contribution in [-0.4, -0.2) is 28.8 Å². The number of rotatable bonds is 10. The molecule has 2 aromatic rings. The van der Waals surface area contributed by atoms with E-state index in [1.807, 2.05) is 52.8 Å². The van der Waals surface area contributed by atoms with E-state index in [0.717, 1.165) is 29.0 Å². The Labute approximate surface area is 153 Å². The molecule has 0 aliphatic carbocycles. The van der Waals surface area contributed by atoms with Crippen molar-refractivity contribution >= 4 is 11.4 Å². The molecule has 0 aliphatic rings. The SMILES string of the molecule is C=CCC[S+]([O-])N(Cc1ccc(OC)cc1)Cc1ccc(OC)cc1. The molecule has 0 spiro atoms. The number of hydrogen-bond donors (Lipinski definition) is 0. The minimum Gasteiger partial charge on any atom is -0.598 e. The van der Waals surface area contributed by atoms with Crippen LogP contribution < -0.4 is 9.47 Å². The number of ether oxygens (including phenoxy) is 2. The van der Waals surface area contributed by atoms with Gasteiger partial charge in [0.25, 0.3) is 0 Å². The molecule has 0 heterocycles. The lowest BCUT2D eigenvalue weighted by Gasteiger charge is -2.24. The van der Waals surface area contributed by atoms with Gasteiger partial charge in [0, 0.05) is 17.8 Å². The molecule has 0 radical (unpaired) electrons. The third-order valence-electron chi connectivity index (χ3n) is 3.82. The second-order valence-corrected chi connectivity index (χ2v) is 7.16. The van der Waals surface area contributed by atoms with Gasteiger partial charge in [0.1, 0.15) is 17.3 Å². The molecule has 0 bridgehead atoms. The van der Waals surface area contributed by atoms with Crippen molar-refractivity contribution in [1.29, 1.82) is 0 Å². The van der Waals surface area contributed by atoms with Gasteiger partial charge < -0.3 is 14.0 Å². The lowest BCUT2D eigenvalue weighted by Crippen LogP contribution is -2.32. The van der Waals surface area contributed by atoms with Crippen molar-refractivity contribution in [2.45, 2.75) is 19.5 Å². The third-order valence-corrected chi connectivity index (χ3v) is 5.24. The Morgan fingerprint density at radius 1 is 0.920 bits per heavy atom. The summed E-state index contributed by atoms with van der Waals surface area (Å²) in [4.78, 5) is 0. The topological polar surface area (TPSA) is 44.8 Å². The van der Waals surface area contributed by atoms with Crippen LogP contribution >= 0.6 is 0 Å². The highest BCUT2D eigenvalue weighted by atomic mass is 32.2. The summed E-state index contributed by atoms with van der Waals surface area (Å²) in [6.07, 6.45) is 2.53. The molecule has 0 fully saturated rings. The van der Waals surface area contributed by atoms with Crippen molar-refractivity contribution in [3.8, 4) is 11.5 Å². The highest BCUT2D eigenvalue weighted by Crippen LogP contribution is 2.19. The Balaban J connectivity index is 2.11. The molecule has 0 saturated carbocycles. The van der Waals surface area contributed by atoms with E-state index < -0.39 is 11.4 Å². The van der Waals surface area contributed by atoms with Gasteiger partial charge in [-0.25, -0.2) is 0 Å². The first-order valence-corrected chi connectivity index (χ1v) is 9.44. The summed E-state index contributed by atoms with van der Waals surface area (Å²) < 4.78 is 25.1. The molecule has 25 heavy (non-hydrogen) atoms. The first-order valence-electron chi connectivity index (χ1n) is 8.16. The largest absolute Gasteiger partial charge is 0.598 e. The van der Waals surface area contributed by atoms with Crippen molar-refractivity contribution in [2.24, 2.45) is 0 Å². The maximum Gasteiger partial charge on any atom is 0.129 e. The van der Waals surface area contributed by atoms with Gasteiger partial charge in [0.05, 0.1) is 27.3 Å². The fraction of sp³-hybridized carbons (Fsp3) is 0.300. The Morgan fingerprint density at radius 2 is 1.36 bits per heavy atom. The van der Waals surface area contributed by atoms with E-state index in [1.54, 1.807) is 20.3 Å². The number of hydrogen-bond acceptors (Lipinski definition) is 4. The molecule has 2 rings (SSSR count). The molecule has 0 N–H and O–H groups in total. The van der Waals surface area contributed by atoms with Crippen LogP contribution in [0.1, 0.15) is 17.5 Å². The first-order chi connectivity index (χ1) is 12.2. The van der Waals surface area contributed by atoms with E-state index in [0.29, 0.717) is 18.8 Å². The van der Waals surface area contributed by atoms with Crippen molar-refractivity contribution < 1.29 is 14.0 Å². The second-order valence-electron chi connectivity index (χ2n) is 5.60. The normalized spacial score (nSPS) is 12.0. The molecular weight excluding hydrogens is 334 g/mol. The van der Waals surface area contributed by atoms with E-state index in [4.69, 9.17) is 9.47 Å². The van der Waals surface area contributed by atoms with Gasteiger partial charge in [-0.2, -0.15) is 0 Å². The number of methoxy groups -OCH3 is 2. The predicted molar refractivity (Wildman–Crippen MR) is 103 cm³/mol.